The molecule has 5 nitrogen and oxygen atoms in total. The van der Waals surface area contributed by atoms with Crippen molar-refractivity contribution in [2.24, 2.45) is 10.9 Å². The van der Waals surface area contributed by atoms with Gasteiger partial charge in [-0.1, -0.05) is 18.2 Å². The summed E-state index contributed by atoms with van der Waals surface area (Å²) < 4.78 is 5.99. The first-order valence-electron chi connectivity index (χ1n) is 10.5. The van der Waals surface area contributed by atoms with Crippen molar-refractivity contribution in [3.05, 3.63) is 29.8 Å². The minimum atomic E-state index is 0. The molecule has 0 heterocycles. The molecule has 1 aromatic carbocycles. The molecule has 0 bridgehead atoms. The summed E-state index contributed by atoms with van der Waals surface area (Å²) >= 11 is 0. The summed E-state index contributed by atoms with van der Waals surface area (Å²) in [6, 6.07) is 8.86. The number of rotatable bonds is 12. The van der Waals surface area contributed by atoms with Gasteiger partial charge >= 0.3 is 0 Å². The van der Waals surface area contributed by atoms with Gasteiger partial charge in [0.1, 0.15) is 5.75 Å². The van der Waals surface area contributed by atoms with Crippen molar-refractivity contribution in [2.75, 3.05) is 33.3 Å². The number of nitrogens with zero attached hydrogens (tertiary/aromatic N) is 2. The number of aliphatic imine (C=N–C) groups is 1. The van der Waals surface area contributed by atoms with Crippen LogP contribution < -0.4 is 15.4 Å². The second-order valence-electron chi connectivity index (χ2n) is 7.77. The summed E-state index contributed by atoms with van der Waals surface area (Å²) in [4.78, 5) is 7.14. The molecule has 0 aromatic heterocycles. The van der Waals surface area contributed by atoms with Crippen LogP contribution in [0.25, 0.3) is 0 Å². The van der Waals surface area contributed by atoms with Crippen molar-refractivity contribution in [3.8, 4) is 5.75 Å². The van der Waals surface area contributed by atoms with Gasteiger partial charge in [0.2, 0.25) is 0 Å². The van der Waals surface area contributed by atoms with Crippen LogP contribution in [0.3, 0.4) is 0 Å². The predicted octanol–water partition coefficient (Wildman–Crippen LogP) is 4.27. The van der Waals surface area contributed by atoms with Gasteiger partial charge < -0.3 is 20.3 Å². The van der Waals surface area contributed by atoms with Gasteiger partial charge in [-0.2, -0.15) is 0 Å². The lowest BCUT2D eigenvalue weighted by atomic mass is 10.2. The van der Waals surface area contributed by atoms with Crippen LogP contribution in [0.2, 0.25) is 0 Å². The number of para-hydroxylation sites is 1. The molecule has 160 valence electrons. The van der Waals surface area contributed by atoms with E-state index >= 15 is 0 Å². The Morgan fingerprint density at radius 3 is 2.64 bits per heavy atom. The summed E-state index contributed by atoms with van der Waals surface area (Å²) in [7, 11) is 2.19. The lowest BCUT2D eigenvalue weighted by Crippen LogP contribution is -2.38. The Bertz CT molecular complexity index is 575. The maximum absolute atomic E-state index is 5.99. The summed E-state index contributed by atoms with van der Waals surface area (Å²) in [6.07, 6.45) is 4.95. The fourth-order valence-electron chi connectivity index (χ4n) is 2.72. The topological polar surface area (TPSA) is 48.9 Å². The van der Waals surface area contributed by atoms with Gasteiger partial charge in [0, 0.05) is 24.7 Å². The molecular weight excluding hydrogens is 463 g/mol. The highest BCUT2D eigenvalue weighted by molar-refractivity contribution is 14.0. The highest BCUT2D eigenvalue weighted by Crippen LogP contribution is 2.30. The number of nitrogens with one attached hydrogen (secondary N) is 2. The van der Waals surface area contributed by atoms with Gasteiger partial charge in [-0.15, -0.1) is 24.0 Å². The van der Waals surface area contributed by atoms with Crippen molar-refractivity contribution < 1.29 is 4.74 Å². The third-order valence-electron chi connectivity index (χ3n) is 5.01. The molecular formula is C22H39IN4O. The Morgan fingerprint density at radius 2 is 1.96 bits per heavy atom. The van der Waals surface area contributed by atoms with Gasteiger partial charge in [-0.25, -0.2) is 4.99 Å². The van der Waals surface area contributed by atoms with Crippen LogP contribution in [0.5, 0.6) is 5.75 Å². The zero-order valence-electron chi connectivity index (χ0n) is 18.0. The smallest absolute Gasteiger partial charge is 0.191 e. The van der Waals surface area contributed by atoms with Crippen LogP contribution in [-0.2, 0) is 6.54 Å². The quantitative estimate of drug-likeness (QED) is 0.194. The molecule has 1 aromatic rings. The van der Waals surface area contributed by atoms with E-state index in [0.717, 1.165) is 55.9 Å². The third kappa shape index (κ3) is 9.96. The molecule has 0 radical (unpaired) electrons. The molecule has 0 spiro atoms. The summed E-state index contributed by atoms with van der Waals surface area (Å²) in [5.74, 6) is 2.61. The van der Waals surface area contributed by atoms with E-state index in [0.29, 0.717) is 12.6 Å². The Hall–Kier alpha value is -1.02. The van der Waals surface area contributed by atoms with Crippen LogP contribution in [0.15, 0.2) is 29.3 Å². The average molecular weight is 502 g/mol. The van der Waals surface area contributed by atoms with Gasteiger partial charge in [0.15, 0.2) is 5.96 Å². The van der Waals surface area contributed by atoms with Crippen molar-refractivity contribution in [3.63, 3.8) is 0 Å². The Morgan fingerprint density at radius 1 is 1.21 bits per heavy atom. The molecule has 1 aliphatic carbocycles. The maximum Gasteiger partial charge on any atom is 0.191 e. The van der Waals surface area contributed by atoms with Crippen LogP contribution in [-0.4, -0.2) is 50.2 Å². The Balaban J connectivity index is 0.00000392. The minimum Gasteiger partial charge on any atom is -0.493 e. The van der Waals surface area contributed by atoms with E-state index in [9.17, 15) is 0 Å². The van der Waals surface area contributed by atoms with Crippen LogP contribution >= 0.6 is 24.0 Å². The Labute approximate surface area is 188 Å². The van der Waals surface area contributed by atoms with E-state index in [-0.39, 0.29) is 24.0 Å². The first-order chi connectivity index (χ1) is 13.1. The lowest BCUT2D eigenvalue weighted by Gasteiger charge is -2.20. The number of hydrogen-bond donors (Lipinski definition) is 2. The molecule has 6 heteroatoms. The van der Waals surface area contributed by atoms with Crippen molar-refractivity contribution in [1.29, 1.82) is 0 Å². The maximum atomic E-state index is 5.99. The number of ether oxygens (including phenoxy) is 1. The zero-order chi connectivity index (χ0) is 19.5. The van der Waals surface area contributed by atoms with Crippen molar-refractivity contribution in [2.45, 2.75) is 59.0 Å². The van der Waals surface area contributed by atoms with E-state index in [1.807, 2.05) is 6.07 Å². The van der Waals surface area contributed by atoms with Crippen LogP contribution in [0.4, 0.5) is 0 Å². The van der Waals surface area contributed by atoms with Gasteiger partial charge in [-0.05, 0) is 72.0 Å². The minimum absolute atomic E-state index is 0. The number of hydrogen-bond acceptors (Lipinski definition) is 3. The van der Waals surface area contributed by atoms with Gasteiger partial charge in [0.25, 0.3) is 0 Å². The van der Waals surface area contributed by atoms with Crippen LogP contribution in [0, 0.1) is 5.92 Å². The van der Waals surface area contributed by atoms with Crippen molar-refractivity contribution in [1.82, 2.24) is 15.5 Å². The highest BCUT2D eigenvalue weighted by Gasteiger charge is 2.22. The van der Waals surface area contributed by atoms with E-state index in [4.69, 9.17) is 9.73 Å². The third-order valence-corrected chi connectivity index (χ3v) is 5.01. The van der Waals surface area contributed by atoms with E-state index in [2.05, 4.69) is 61.6 Å². The normalized spacial score (nSPS) is 14.1. The molecule has 0 unspecified atom stereocenters. The number of guanidine groups is 1. The highest BCUT2D eigenvalue weighted by atomic mass is 127. The summed E-state index contributed by atoms with van der Waals surface area (Å²) in [5, 5.41) is 6.79. The standard InChI is InChI=1S/C22H38N4O.HI/c1-5-23-22(24-14-8-9-15-26(4)18(2)3)25-16-20-10-6-7-11-21(20)27-17-19-12-13-19;/h6-7,10-11,18-19H,5,8-9,12-17H2,1-4H3,(H2,23,24,25);1H. The first-order valence-corrected chi connectivity index (χ1v) is 10.5. The SMILES string of the molecule is CCNC(=NCc1ccccc1OCC1CC1)NCCCCN(C)C(C)C.I. The molecule has 0 amide bonds. The second kappa shape index (κ2) is 14.0. The average Bonchev–Trinajstić information content (AvgIpc) is 3.48. The molecule has 1 aliphatic rings. The van der Waals surface area contributed by atoms with Gasteiger partial charge in [0.05, 0.1) is 13.2 Å². The molecule has 1 fully saturated rings. The van der Waals surface area contributed by atoms with E-state index in [1.165, 1.54) is 19.3 Å². The lowest BCUT2D eigenvalue weighted by molar-refractivity contribution is 0.268. The largest absolute Gasteiger partial charge is 0.493 e. The van der Waals surface area contributed by atoms with Crippen molar-refractivity contribution >= 4 is 29.9 Å². The molecule has 0 aliphatic heterocycles. The Kier molecular flexibility index (Phi) is 12.5. The monoisotopic (exact) mass is 502 g/mol. The molecule has 2 rings (SSSR count). The first kappa shape index (κ1) is 25.0. The molecule has 1 saturated carbocycles. The zero-order valence-corrected chi connectivity index (χ0v) is 20.4. The number of unbranched alkanes of at least 4 members (excludes halogenated alkanes) is 1. The van der Waals surface area contributed by atoms with E-state index < -0.39 is 0 Å². The second-order valence-corrected chi connectivity index (χ2v) is 7.77. The van der Waals surface area contributed by atoms with E-state index in [1.54, 1.807) is 0 Å². The van der Waals surface area contributed by atoms with Gasteiger partial charge in [-0.3, -0.25) is 0 Å². The molecule has 0 atom stereocenters. The number of benzene rings is 1. The number of halogens is 1. The summed E-state index contributed by atoms with van der Waals surface area (Å²) in [5.41, 5.74) is 1.15. The predicted molar refractivity (Wildman–Crippen MR) is 130 cm³/mol. The molecule has 2 N–H and O–H groups in total. The fraction of sp³-hybridized carbons (Fsp3) is 0.682. The van der Waals surface area contributed by atoms with Crippen LogP contribution in [0.1, 0.15) is 52.0 Å². The molecule has 28 heavy (non-hydrogen) atoms. The summed E-state index contributed by atoms with van der Waals surface area (Å²) in [6.45, 7) is 11.0. The fourth-order valence-corrected chi connectivity index (χ4v) is 2.72. The molecule has 0 saturated heterocycles.